The molecule has 0 spiro atoms. The Morgan fingerprint density at radius 3 is 2.85 bits per heavy atom. The second-order valence-corrected chi connectivity index (χ2v) is 6.85. The van der Waals surface area contributed by atoms with Crippen molar-refractivity contribution in [2.75, 3.05) is 18.0 Å². The summed E-state index contributed by atoms with van der Waals surface area (Å²) in [5.41, 5.74) is 3.29. The molecule has 0 aliphatic carbocycles. The van der Waals surface area contributed by atoms with Crippen molar-refractivity contribution < 1.29 is 4.42 Å². The lowest BCUT2D eigenvalue weighted by molar-refractivity contribution is 0.545. The van der Waals surface area contributed by atoms with Crippen molar-refractivity contribution in [2.45, 2.75) is 39.3 Å². The van der Waals surface area contributed by atoms with E-state index in [4.69, 9.17) is 4.42 Å². The Balaban J connectivity index is 1.37. The van der Waals surface area contributed by atoms with Gasteiger partial charge in [-0.2, -0.15) is 5.10 Å². The van der Waals surface area contributed by atoms with E-state index < -0.39 is 0 Å². The first-order chi connectivity index (χ1) is 12.8. The standard InChI is InChI=1S/C20H25N5O/c1-15-5-6-18(26-15)20-17(14-23-24-20)13-21-12-16-7-8-22-19(11-16)25-9-3-2-4-10-25/h5-8,11,14,21H,2-4,9-10,12-13H2,1H3,(H,23,24). The number of aromatic nitrogens is 3. The molecule has 0 atom stereocenters. The van der Waals surface area contributed by atoms with E-state index in [2.05, 4.69) is 37.5 Å². The van der Waals surface area contributed by atoms with Crippen LogP contribution >= 0.6 is 0 Å². The van der Waals surface area contributed by atoms with E-state index >= 15 is 0 Å². The summed E-state index contributed by atoms with van der Waals surface area (Å²) in [7, 11) is 0. The maximum Gasteiger partial charge on any atom is 0.152 e. The Bertz CT molecular complexity index is 847. The average molecular weight is 351 g/mol. The summed E-state index contributed by atoms with van der Waals surface area (Å²) < 4.78 is 5.70. The number of aryl methyl sites for hydroxylation is 1. The van der Waals surface area contributed by atoms with Gasteiger partial charge in [0.2, 0.25) is 0 Å². The van der Waals surface area contributed by atoms with Gasteiger partial charge in [0, 0.05) is 37.9 Å². The Morgan fingerprint density at radius 1 is 1.15 bits per heavy atom. The fourth-order valence-corrected chi connectivity index (χ4v) is 3.44. The molecule has 3 aromatic heterocycles. The zero-order chi connectivity index (χ0) is 17.8. The van der Waals surface area contributed by atoms with Crippen molar-refractivity contribution in [3.8, 4) is 11.5 Å². The van der Waals surface area contributed by atoms with Gasteiger partial charge >= 0.3 is 0 Å². The third-order valence-corrected chi connectivity index (χ3v) is 4.84. The third kappa shape index (κ3) is 3.80. The predicted octanol–water partition coefficient (Wildman–Crippen LogP) is 3.65. The van der Waals surface area contributed by atoms with Crippen molar-refractivity contribution >= 4 is 5.82 Å². The first-order valence-corrected chi connectivity index (χ1v) is 9.29. The highest BCUT2D eigenvalue weighted by Crippen LogP contribution is 2.23. The zero-order valence-electron chi connectivity index (χ0n) is 15.2. The second kappa shape index (κ2) is 7.74. The Kier molecular flexibility index (Phi) is 5.02. The van der Waals surface area contributed by atoms with E-state index in [1.165, 1.54) is 24.8 Å². The molecule has 0 unspecified atom stereocenters. The number of nitrogens with zero attached hydrogens (tertiary/aromatic N) is 3. The van der Waals surface area contributed by atoms with Gasteiger partial charge in [-0.15, -0.1) is 0 Å². The number of hydrogen-bond donors (Lipinski definition) is 2. The summed E-state index contributed by atoms with van der Waals surface area (Å²) in [5.74, 6) is 2.82. The molecule has 2 N–H and O–H groups in total. The fourth-order valence-electron chi connectivity index (χ4n) is 3.44. The van der Waals surface area contributed by atoms with E-state index in [0.717, 1.165) is 54.8 Å². The molecule has 4 rings (SSSR count). The Morgan fingerprint density at radius 2 is 2.04 bits per heavy atom. The molecule has 1 aliphatic rings. The lowest BCUT2D eigenvalue weighted by Crippen LogP contribution is -2.30. The van der Waals surface area contributed by atoms with E-state index in [1.807, 2.05) is 31.5 Å². The molecular formula is C20H25N5O. The molecule has 1 fully saturated rings. The molecule has 3 aromatic rings. The molecule has 1 saturated heterocycles. The van der Waals surface area contributed by atoms with Gasteiger partial charge in [-0.1, -0.05) is 0 Å². The maximum absolute atomic E-state index is 5.70. The monoisotopic (exact) mass is 351 g/mol. The van der Waals surface area contributed by atoms with Gasteiger partial charge in [0.15, 0.2) is 5.76 Å². The Labute approximate surface area is 153 Å². The van der Waals surface area contributed by atoms with Crippen LogP contribution in [0.15, 0.2) is 41.1 Å². The van der Waals surface area contributed by atoms with E-state index in [1.54, 1.807) is 0 Å². The summed E-state index contributed by atoms with van der Waals surface area (Å²) in [4.78, 5) is 6.94. The molecule has 0 saturated carbocycles. The molecule has 6 heteroatoms. The summed E-state index contributed by atoms with van der Waals surface area (Å²) in [5, 5.41) is 10.7. The highest BCUT2D eigenvalue weighted by molar-refractivity contribution is 5.56. The normalized spacial score (nSPS) is 14.7. The molecule has 0 radical (unpaired) electrons. The number of anilines is 1. The fraction of sp³-hybridized carbons (Fsp3) is 0.400. The number of aromatic amines is 1. The molecular weight excluding hydrogens is 326 g/mol. The van der Waals surface area contributed by atoms with Crippen LogP contribution in [0.2, 0.25) is 0 Å². The van der Waals surface area contributed by atoms with Crippen LogP contribution in [0.1, 0.15) is 36.1 Å². The molecule has 6 nitrogen and oxygen atoms in total. The number of H-pyrrole nitrogens is 1. The molecule has 0 bridgehead atoms. The number of nitrogens with one attached hydrogen (secondary N) is 2. The highest BCUT2D eigenvalue weighted by atomic mass is 16.3. The van der Waals surface area contributed by atoms with Crippen LogP contribution in [0.25, 0.3) is 11.5 Å². The molecule has 26 heavy (non-hydrogen) atoms. The highest BCUT2D eigenvalue weighted by Gasteiger charge is 2.13. The minimum Gasteiger partial charge on any atom is -0.460 e. The summed E-state index contributed by atoms with van der Waals surface area (Å²) in [6, 6.07) is 8.21. The van der Waals surface area contributed by atoms with Gasteiger partial charge in [-0.25, -0.2) is 4.98 Å². The third-order valence-electron chi connectivity index (χ3n) is 4.84. The van der Waals surface area contributed by atoms with Crippen molar-refractivity contribution in [2.24, 2.45) is 0 Å². The van der Waals surface area contributed by atoms with Crippen molar-refractivity contribution in [1.29, 1.82) is 0 Å². The van der Waals surface area contributed by atoms with Crippen molar-refractivity contribution in [3.05, 3.63) is 53.5 Å². The topological polar surface area (TPSA) is 70.0 Å². The second-order valence-electron chi connectivity index (χ2n) is 6.85. The van der Waals surface area contributed by atoms with Gasteiger partial charge in [0.05, 0.1) is 6.20 Å². The van der Waals surface area contributed by atoms with Crippen LogP contribution < -0.4 is 10.2 Å². The van der Waals surface area contributed by atoms with E-state index in [-0.39, 0.29) is 0 Å². The average Bonchev–Trinajstić information content (AvgIpc) is 3.31. The number of furan rings is 1. The van der Waals surface area contributed by atoms with E-state index in [0.29, 0.717) is 0 Å². The van der Waals surface area contributed by atoms with Crippen LogP contribution in [0.3, 0.4) is 0 Å². The molecule has 1 aliphatic heterocycles. The Hall–Kier alpha value is -2.60. The first kappa shape index (κ1) is 16.8. The minimum atomic E-state index is 0.729. The van der Waals surface area contributed by atoms with Gasteiger partial charge in [-0.3, -0.25) is 5.10 Å². The number of piperidine rings is 1. The molecule has 4 heterocycles. The van der Waals surface area contributed by atoms with Crippen molar-refractivity contribution in [3.63, 3.8) is 0 Å². The summed E-state index contributed by atoms with van der Waals surface area (Å²) in [6.07, 6.45) is 7.63. The number of hydrogen-bond acceptors (Lipinski definition) is 5. The van der Waals surface area contributed by atoms with Crippen LogP contribution in [0, 0.1) is 6.92 Å². The summed E-state index contributed by atoms with van der Waals surface area (Å²) >= 11 is 0. The first-order valence-electron chi connectivity index (χ1n) is 9.29. The minimum absolute atomic E-state index is 0.729. The van der Waals surface area contributed by atoms with Crippen LogP contribution in [0.5, 0.6) is 0 Å². The smallest absolute Gasteiger partial charge is 0.152 e. The zero-order valence-corrected chi connectivity index (χ0v) is 15.2. The number of rotatable bonds is 6. The number of pyridine rings is 1. The van der Waals surface area contributed by atoms with E-state index in [9.17, 15) is 0 Å². The van der Waals surface area contributed by atoms with Gasteiger partial charge in [-0.05, 0) is 56.0 Å². The van der Waals surface area contributed by atoms with Gasteiger partial charge in [0.25, 0.3) is 0 Å². The van der Waals surface area contributed by atoms with Gasteiger partial charge < -0.3 is 14.6 Å². The SMILES string of the molecule is Cc1ccc(-c2[nH]ncc2CNCc2ccnc(N3CCCCC3)c2)o1. The van der Waals surface area contributed by atoms with Gasteiger partial charge in [0.1, 0.15) is 17.3 Å². The predicted molar refractivity (Wildman–Crippen MR) is 102 cm³/mol. The largest absolute Gasteiger partial charge is 0.460 e. The maximum atomic E-state index is 5.70. The van der Waals surface area contributed by atoms with Crippen molar-refractivity contribution in [1.82, 2.24) is 20.5 Å². The van der Waals surface area contributed by atoms with Crippen LogP contribution in [-0.4, -0.2) is 28.3 Å². The molecule has 0 amide bonds. The molecule has 136 valence electrons. The quantitative estimate of drug-likeness (QED) is 0.709. The summed E-state index contributed by atoms with van der Waals surface area (Å²) in [6.45, 7) is 5.70. The molecule has 0 aromatic carbocycles. The van der Waals surface area contributed by atoms with Crippen LogP contribution in [-0.2, 0) is 13.1 Å². The lowest BCUT2D eigenvalue weighted by Gasteiger charge is -2.27. The van der Waals surface area contributed by atoms with Crippen LogP contribution in [0.4, 0.5) is 5.82 Å². The lowest BCUT2D eigenvalue weighted by atomic mass is 10.1.